The Kier molecular flexibility index (Phi) is 4.25. The first-order valence-corrected chi connectivity index (χ1v) is 8.46. The van der Waals surface area contributed by atoms with Gasteiger partial charge in [0, 0.05) is 33.2 Å². The maximum absolute atomic E-state index is 13.6. The van der Waals surface area contributed by atoms with E-state index in [2.05, 4.69) is 4.98 Å². The van der Waals surface area contributed by atoms with Gasteiger partial charge in [0.2, 0.25) is 0 Å². The maximum atomic E-state index is 13.6. The lowest BCUT2D eigenvalue weighted by Gasteiger charge is -2.10. The molecule has 1 unspecified atom stereocenters. The number of imidazole rings is 1. The number of nitrogens with zero attached hydrogens (tertiary/aromatic N) is 2. The highest BCUT2D eigenvalue weighted by atomic mass is 32.2. The van der Waals surface area contributed by atoms with Gasteiger partial charge in [-0.3, -0.25) is 8.78 Å². The Morgan fingerprint density at radius 3 is 2.57 bits per heavy atom. The van der Waals surface area contributed by atoms with Gasteiger partial charge in [0.05, 0.1) is 25.3 Å². The molecule has 0 aliphatic heterocycles. The van der Waals surface area contributed by atoms with Crippen molar-refractivity contribution in [1.82, 2.24) is 9.55 Å². The summed E-state index contributed by atoms with van der Waals surface area (Å²) in [5, 5.41) is 0. The Labute approximate surface area is 136 Å². The van der Waals surface area contributed by atoms with Gasteiger partial charge in [-0.2, -0.15) is 0 Å². The summed E-state index contributed by atoms with van der Waals surface area (Å²) in [6.45, 7) is 0. The van der Waals surface area contributed by atoms with Crippen LogP contribution in [0.5, 0.6) is 5.75 Å². The van der Waals surface area contributed by atoms with Crippen LogP contribution in [-0.4, -0.2) is 27.1 Å². The predicted octanol–water partition coefficient (Wildman–Crippen LogP) is 3.42. The fourth-order valence-electron chi connectivity index (χ4n) is 2.33. The molecule has 1 atom stereocenters. The summed E-state index contributed by atoms with van der Waals surface area (Å²) < 4.78 is 32.0. The van der Waals surface area contributed by atoms with E-state index in [0.717, 1.165) is 21.8 Å². The van der Waals surface area contributed by atoms with Gasteiger partial charge in [-0.15, -0.1) is 0 Å². The molecule has 1 aromatic heterocycles. The van der Waals surface area contributed by atoms with Crippen molar-refractivity contribution in [3.05, 3.63) is 60.8 Å². The molecule has 0 spiro atoms. The lowest BCUT2D eigenvalue weighted by molar-refractivity contribution is 0.387. The molecule has 0 fully saturated rings. The summed E-state index contributed by atoms with van der Waals surface area (Å²) in [7, 11) is 0.418. The van der Waals surface area contributed by atoms with Gasteiger partial charge in [-0.05, 0) is 42.5 Å². The van der Waals surface area contributed by atoms with E-state index in [-0.39, 0.29) is 5.75 Å². The molecule has 23 heavy (non-hydrogen) atoms. The highest BCUT2D eigenvalue weighted by Crippen LogP contribution is 2.28. The van der Waals surface area contributed by atoms with E-state index in [1.807, 2.05) is 28.8 Å². The zero-order valence-corrected chi connectivity index (χ0v) is 13.5. The number of benzene rings is 2. The molecule has 3 rings (SSSR count). The van der Waals surface area contributed by atoms with Crippen LogP contribution in [0.3, 0.4) is 0 Å². The summed E-state index contributed by atoms with van der Waals surface area (Å²) in [5.74, 6) is -0.218. The van der Waals surface area contributed by atoms with Crippen LogP contribution < -0.4 is 4.74 Å². The Morgan fingerprint density at radius 1 is 1.17 bits per heavy atom. The van der Waals surface area contributed by atoms with Gasteiger partial charge >= 0.3 is 0 Å². The third-order valence-electron chi connectivity index (χ3n) is 3.53. The number of ether oxygens (including phenoxy) is 1. The molecule has 0 N–H and O–H groups in total. The van der Waals surface area contributed by atoms with Crippen molar-refractivity contribution in [2.24, 2.45) is 0 Å². The van der Waals surface area contributed by atoms with E-state index in [0.29, 0.717) is 0 Å². The summed E-state index contributed by atoms with van der Waals surface area (Å²) in [4.78, 5) is 4.94. The van der Waals surface area contributed by atoms with E-state index in [1.54, 1.807) is 30.9 Å². The molecule has 0 amide bonds. The third kappa shape index (κ3) is 3.03. The van der Waals surface area contributed by atoms with Crippen LogP contribution >= 0.6 is 0 Å². The minimum absolute atomic E-state index is 0.187. The summed E-state index contributed by atoms with van der Waals surface area (Å²) in [6, 6.07) is 12.1. The zero-order chi connectivity index (χ0) is 16.4. The number of halogens is 1. The topological polar surface area (TPSA) is 44.1 Å². The van der Waals surface area contributed by atoms with Gasteiger partial charge < -0.3 is 4.74 Å². The second-order valence-corrected chi connectivity index (χ2v) is 6.33. The molecule has 2 aromatic carbocycles. The lowest BCUT2D eigenvalue weighted by Crippen LogP contribution is -1.97. The van der Waals surface area contributed by atoms with E-state index in [9.17, 15) is 8.60 Å². The first kappa shape index (κ1) is 15.4. The Balaban J connectivity index is 2.04. The van der Waals surface area contributed by atoms with Crippen LogP contribution in [0, 0.1) is 5.82 Å². The molecule has 6 heteroatoms. The van der Waals surface area contributed by atoms with Gasteiger partial charge in [0.25, 0.3) is 0 Å². The van der Waals surface area contributed by atoms with E-state index >= 15 is 0 Å². The Bertz CT molecular complexity index is 859. The van der Waals surface area contributed by atoms with Gasteiger partial charge in [-0.1, -0.05) is 0 Å². The molecule has 118 valence electrons. The summed E-state index contributed by atoms with van der Waals surface area (Å²) >= 11 is 0. The maximum Gasteiger partial charge on any atom is 0.165 e. The normalized spacial score (nSPS) is 12.1. The van der Waals surface area contributed by atoms with Crippen LogP contribution in [-0.2, 0) is 10.8 Å². The number of rotatable bonds is 4. The number of methoxy groups -OCH3 is 1. The van der Waals surface area contributed by atoms with Gasteiger partial charge in [0.1, 0.15) is 0 Å². The standard InChI is InChI=1S/C17H15FN2O2S/c1-22-17-9-12(3-8-15(17)18)16-10-19-11-20(16)13-4-6-14(7-5-13)23(2)21/h3-11H,1-2H3. The third-order valence-corrected chi connectivity index (χ3v) is 4.47. The molecular formula is C17H15FN2O2S. The molecule has 0 bridgehead atoms. The second-order valence-electron chi connectivity index (χ2n) is 4.95. The number of aromatic nitrogens is 2. The van der Waals surface area contributed by atoms with Gasteiger partial charge in [-0.25, -0.2) is 9.37 Å². The van der Waals surface area contributed by atoms with Crippen molar-refractivity contribution in [2.75, 3.05) is 13.4 Å². The van der Waals surface area contributed by atoms with Crippen molar-refractivity contribution in [3.63, 3.8) is 0 Å². The largest absolute Gasteiger partial charge is 0.494 e. The second kappa shape index (κ2) is 6.34. The van der Waals surface area contributed by atoms with Crippen LogP contribution in [0.1, 0.15) is 0 Å². The molecule has 0 radical (unpaired) electrons. The first-order valence-electron chi connectivity index (χ1n) is 6.90. The van der Waals surface area contributed by atoms with E-state index < -0.39 is 16.6 Å². The quantitative estimate of drug-likeness (QED) is 0.736. The summed E-state index contributed by atoms with van der Waals surface area (Å²) in [6.07, 6.45) is 5.03. The van der Waals surface area contributed by atoms with Crippen molar-refractivity contribution >= 4 is 10.8 Å². The molecule has 0 aliphatic carbocycles. The fourth-order valence-corrected chi connectivity index (χ4v) is 2.85. The molecule has 4 nitrogen and oxygen atoms in total. The van der Waals surface area contributed by atoms with E-state index in [4.69, 9.17) is 4.74 Å². The highest BCUT2D eigenvalue weighted by Gasteiger charge is 2.11. The van der Waals surface area contributed by atoms with Crippen LogP contribution in [0.4, 0.5) is 4.39 Å². The average Bonchev–Trinajstić information content (AvgIpc) is 3.05. The number of hydrogen-bond donors (Lipinski definition) is 0. The van der Waals surface area contributed by atoms with Gasteiger partial charge in [0.15, 0.2) is 11.6 Å². The number of hydrogen-bond acceptors (Lipinski definition) is 3. The fraction of sp³-hybridized carbons (Fsp3) is 0.118. The lowest BCUT2D eigenvalue weighted by atomic mass is 10.1. The van der Waals surface area contributed by atoms with Crippen molar-refractivity contribution in [3.8, 4) is 22.7 Å². The molecular weight excluding hydrogens is 315 g/mol. The van der Waals surface area contributed by atoms with E-state index in [1.165, 1.54) is 13.2 Å². The van der Waals surface area contributed by atoms with Crippen molar-refractivity contribution in [1.29, 1.82) is 0 Å². The molecule has 0 saturated carbocycles. The smallest absolute Gasteiger partial charge is 0.165 e. The molecule has 1 heterocycles. The molecule has 0 saturated heterocycles. The minimum Gasteiger partial charge on any atom is -0.494 e. The minimum atomic E-state index is -1.02. The zero-order valence-electron chi connectivity index (χ0n) is 12.7. The Morgan fingerprint density at radius 2 is 1.91 bits per heavy atom. The van der Waals surface area contributed by atoms with Crippen LogP contribution in [0.15, 0.2) is 59.9 Å². The SMILES string of the molecule is COc1cc(-c2cncn2-c2ccc(S(C)=O)cc2)ccc1F. The Hall–Kier alpha value is -2.47. The van der Waals surface area contributed by atoms with Crippen LogP contribution in [0.2, 0.25) is 0 Å². The average molecular weight is 330 g/mol. The predicted molar refractivity (Wildman–Crippen MR) is 87.8 cm³/mol. The highest BCUT2D eigenvalue weighted by molar-refractivity contribution is 7.84. The molecule has 0 aliphatic rings. The molecule has 3 aromatic rings. The van der Waals surface area contributed by atoms with Crippen molar-refractivity contribution < 1.29 is 13.3 Å². The summed E-state index contributed by atoms with van der Waals surface area (Å²) in [5.41, 5.74) is 2.49. The van der Waals surface area contributed by atoms with Crippen LogP contribution in [0.25, 0.3) is 16.9 Å². The monoisotopic (exact) mass is 330 g/mol. The first-order chi connectivity index (χ1) is 11.1. The van der Waals surface area contributed by atoms with Crippen molar-refractivity contribution in [2.45, 2.75) is 4.90 Å².